The van der Waals surface area contributed by atoms with Gasteiger partial charge in [0.25, 0.3) is 5.78 Å². The highest BCUT2D eigenvalue weighted by atomic mass is 35.5. The summed E-state index contributed by atoms with van der Waals surface area (Å²) >= 11 is 5.72. The lowest BCUT2D eigenvalue weighted by atomic mass is 10.1. The average Bonchev–Trinajstić information content (AvgIpc) is 2.33. The number of ketones is 1. The first-order valence-corrected chi connectivity index (χ1v) is 5.24. The Kier molecular flexibility index (Phi) is 4.44. The molecule has 1 N–H and O–H groups in total. The summed E-state index contributed by atoms with van der Waals surface area (Å²) in [5.41, 5.74) is -0.0752. The Morgan fingerprint density at radius 3 is 2.61 bits per heavy atom. The fourth-order valence-electron chi connectivity index (χ4n) is 1.25. The molecule has 0 aliphatic rings. The van der Waals surface area contributed by atoms with Crippen molar-refractivity contribution in [3.8, 4) is 0 Å². The van der Waals surface area contributed by atoms with Crippen LogP contribution in [0.5, 0.6) is 0 Å². The summed E-state index contributed by atoms with van der Waals surface area (Å²) in [7, 11) is 1.02. The zero-order valence-electron chi connectivity index (χ0n) is 9.66. The van der Waals surface area contributed by atoms with E-state index in [9.17, 15) is 19.1 Å². The quantitative estimate of drug-likeness (QED) is 0.397. The third-order valence-corrected chi connectivity index (χ3v) is 2.51. The molecule has 0 atom stereocenters. The third-order valence-electron chi connectivity index (χ3n) is 2.19. The molecular weight excluding hydrogens is 263 g/mol. The van der Waals surface area contributed by atoms with Crippen LogP contribution in [0.15, 0.2) is 18.2 Å². The van der Waals surface area contributed by atoms with E-state index in [1.165, 1.54) is 19.1 Å². The van der Waals surface area contributed by atoms with Crippen molar-refractivity contribution in [2.24, 2.45) is 0 Å². The predicted octanol–water partition coefficient (Wildman–Crippen LogP) is 2.43. The molecule has 1 aromatic rings. The summed E-state index contributed by atoms with van der Waals surface area (Å²) in [4.78, 5) is 22.1. The Labute approximate surface area is 108 Å². The van der Waals surface area contributed by atoms with Gasteiger partial charge in [-0.25, -0.2) is 9.18 Å². The molecule has 0 heterocycles. The van der Waals surface area contributed by atoms with Gasteiger partial charge in [-0.3, -0.25) is 4.79 Å². The maximum atomic E-state index is 13.7. The van der Waals surface area contributed by atoms with Crippen molar-refractivity contribution in [2.75, 3.05) is 7.11 Å². The van der Waals surface area contributed by atoms with Gasteiger partial charge in [0, 0.05) is 6.08 Å². The van der Waals surface area contributed by atoms with E-state index < -0.39 is 23.3 Å². The zero-order chi connectivity index (χ0) is 13.9. The lowest BCUT2D eigenvalue weighted by Crippen LogP contribution is -2.13. The molecule has 0 radical (unpaired) electrons. The molecule has 6 heteroatoms. The second kappa shape index (κ2) is 5.64. The molecule has 0 aliphatic heterocycles. The van der Waals surface area contributed by atoms with Gasteiger partial charge in [0.1, 0.15) is 11.6 Å². The van der Waals surface area contributed by atoms with Crippen molar-refractivity contribution in [3.05, 3.63) is 40.2 Å². The van der Waals surface area contributed by atoms with Gasteiger partial charge < -0.3 is 9.84 Å². The van der Waals surface area contributed by atoms with E-state index >= 15 is 0 Å². The number of hydrogen-bond donors (Lipinski definition) is 1. The summed E-state index contributed by atoms with van der Waals surface area (Å²) in [5, 5.41) is 9.56. The van der Waals surface area contributed by atoms with Crippen molar-refractivity contribution >= 4 is 29.1 Å². The van der Waals surface area contributed by atoms with Gasteiger partial charge >= 0.3 is 5.97 Å². The van der Waals surface area contributed by atoms with Gasteiger partial charge in [-0.2, -0.15) is 0 Å². The number of ether oxygens (including phenoxy) is 1. The highest BCUT2D eigenvalue weighted by Crippen LogP contribution is 2.27. The molecule has 0 saturated heterocycles. The van der Waals surface area contributed by atoms with Crippen LogP contribution in [0.1, 0.15) is 11.1 Å². The molecule has 0 aromatic heterocycles. The SMILES string of the molecule is COC(=O)C(=O)C=C(O)c1c(Cl)ccc(C)c1F. The first kappa shape index (κ1) is 14.2. The van der Waals surface area contributed by atoms with Crippen molar-refractivity contribution in [3.63, 3.8) is 0 Å². The van der Waals surface area contributed by atoms with Crippen LogP contribution in [0.4, 0.5) is 4.39 Å². The number of aryl methyl sites for hydroxylation is 1. The van der Waals surface area contributed by atoms with Crippen LogP contribution in [0.2, 0.25) is 5.02 Å². The van der Waals surface area contributed by atoms with Gasteiger partial charge in [-0.05, 0) is 18.6 Å². The van der Waals surface area contributed by atoms with E-state index in [1.807, 2.05) is 0 Å². The molecule has 0 saturated carbocycles. The molecule has 0 bridgehead atoms. The predicted molar refractivity (Wildman–Crippen MR) is 63.8 cm³/mol. The number of rotatable bonds is 3. The molecule has 18 heavy (non-hydrogen) atoms. The highest BCUT2D eigenvalue weighted by molar-refractivity contribution is 6.39. The number of halogens is 2. The Morgan fingerprint density at radius 2 is 2.06 bits per heavy atom. The van der Waals surface area contributed by atoms with E-state index in [1.54, 1.807) is 0 Å². The Bertz CT molecular complexity index is 537. The average molecular weight is 273 g/mol. The summed E-state index contributed by atoms with van der Waals surface area (Å²) in [6, 6.07) is 2.80. The second-order valence-corrected chi connectivity index (χ2v) is 3.85. The van der Waals surface area contributed by atoms with Gasteiger partial charge in [-0.15, -0.1) is 0 Å². The second-order valence-electron chi connectivity index (χ2n) is 3.44. The zero-order valence-corrected chi connectivity index (χ0v) is 10.4. The van der Waals surface area contributed by atoms with Crippen LogP contribution < -0.4 is 0 Å². The van der Waals surface area contributed by atoms with E-state index in [0.29, 0.717) is 6.08 Å². The van der Waals surface area contributed by atoms with E-state index in [-0.39, 0.29) is 16.1 Å². The fraction of sp³-hybridized carbons (Fsp3) is 0.167. The minimum absolute atomic E-state index is 0.0653. The summed E-state index contributed by atoms with van der Waals surface area (Å²) in [5.74, 6) is -3.75. The molecular formula is C12H10ClFO4. The van der Waals surface area contributed by atoms with E-state index in [4.69, 9.17) is 11.6 Å². The molecule has 1 aromatic carbocycles. The normalized spacial score (nSPS) is 11.2. The van der Waals surface area contributed by atoms with E-state index in [0.717, 1.165) is 7.11 Å². The molecule has 96 valence electrons. The lowest BCUT2D eigenvalue weighted by Gasteiger charge is -2.07. The van der Waals surface area contributed by atoms with Crippen LogP contribution in [-0.2, 0) is 14.3 Å². The number of carbonyl (C=O) groups excluding carboxylic acids is 2. The summed E-state index contributed by atoms with van der Waals surface area (Å²) in [6.45, 7) is 1.48. The molecule has 0 aliphatic carbocycles. The number of esters is 1. The van der Waals surface area contributed by atoms with Crippen LogP contribution in [0.3, 0.4) is 0 Å². The van der Waals surface area contributed by atoms with Crippen LogP contribution >= 0.6 is 11.6 Å². The van der Waals surface area contributed by atoms with Crippen molar-refractivity contribution in [1.29, 1.82) is 0 Å². The number of methoxy groups -OCH3 is 1. The number of hydrogen-bond acceptors (Lipinski definition) is 4. The molecule has 0 amide bonds. The third kappa shape index (κ3) is 2.87. The topological polar surface area (TPSA) is 63.6 Å². The van der Waals surface area contributed by atoms with Gasteiger partial charge in [0.05, 0.1) is 17.7 Å². The lowest BCUT2D eigenvalue weighted by molar-refractivity contribution is -0.149. The van der Waals surface area contributed by atoms with Crippen LogP contribution in [0, 0.1) is 12.7 Å². The van der Waals surface area contributed by atoms with Crippen LogP contribution in [0.25, 0.3) is 5.76 Å². The standard InChI is InChI=1S/C12H10ClFO4/c1-6-3-4-7(13)10(11(6)14)8(15)5-9(16)12(17)18-2/h3-5,15H,1-2H3. The maximum Gasteiger partial charge on any atom is 0.378 e. The van der Waals surface area contributed by atoms with Crippen molar-refractivity contribution in [1.82, 2.24) is 0 Å². The molecule has 0 spiro atoms. The maximum absolute atomic E-state index is 13.7. The summed E-state index contributed by atoms with van der Waals surface area (Å²) < 4.78 is 17.9. The minimum atomic E-state index is -1.16. The van der Waals surface area contributed by atoms with Gasteiger partial charge in [0.2, 0.25) is 0 Å². The van der Waals surface area contributed by atoms with Crippen molar-refractivity contribution < 1.29 is 23.8 Å². The summed E-state index contributed by atoms with van der Waals surface area (Å²) in [6.07, 6.45) is 0.565. The molecule has 1 rings (SSSR count). The Morgan fingerprint density at radius 1 is 1.44 bits per heavy atom. The first-order chi connectivity index (χ1) is 8.38. The first-order valence-electron chi connectivity index (χ1n) is 4.86. The highest BCUT2D eigenvalue weighted by Gasteiger charge is 2.18. The van der Waals surface area contributed by atoms with Gasteiger partial charge in [0.15, 0.2) is 0 Å². The smallest absolute Gasteiger partial charge is 0.378 e. The molecule has 4 nitrogen and oxygen atoms in total. The van der Waals surface area contributed by atoms with Gasteiger partial charge in [-0.1, -0.05) is 17.7 Å². The largest absolute Gasteiger partial charge is 0.507 e. The van der Waals surface area contributed by atoms with E-state index in [2.05, 4.69) is 4.74 Å². The number of aliphatic hydroxyl groups is 1. The Balaban J connectivity index is 3.23. The molecule has 0 unspecified atom stereocenters. The number of aliphatic hydroxyl groups excluding tert-OH is 1. The minimum Gasteiger partial charge on any atom is -0.507 e. The Hall–Kier alpha value is -1.88. The monoisotopic (exact) mass is 272 g/mol. The van der Waals surface area contributed by atoms with Crippen molar-refractivity contribution in [2.45, 2.75) is 6.92 Å². The fourth-order valence-corrected chi connectivity index (χ4v) is 1.49. The number of carbonyl (C=O) groups is 2. The van der Waals surface area contributed by atoms with Crippen LogP contribution in [-0.4, -0.2) is 24.0 Å². The number of benzene rings is 1. The molecule has 0 fully saturated rings.